The molecule has 1 aliphatic heterocycles. The number of hydrogen-bond donors (Lipinski definition) is 3. The first kappa shape index (κ1) is 31.3. The number of methoxy groups -OCH3 is 1. The fraction of sp³-hybridized carbons (Fsp3) is 0.265. The first-order valence-electron chi connectivity index (χ1n) is 14.7. The summed E-state index contributed by atoms with van der Waals surface area (Å²) in [5.41, 5.74) is 4.49. The highest BCUT2D eigenvalue weighted by atomic mass is 16.5. The van der Waals surface area contributed by atoms with Crippen LogP contribution in [0.4, 0.5) is 11.4 Å². The molecule has 3 N–H and O–H groups in total. The van der Waals surface area contributed by atoms with Crippen molar-refractivity contribution in [2.24, 2.45) is 14.1 Å². The molecule has 0 radical (unpaired) electrons. The molecule has 1 aliphatic rings. The zero-order valence-electron chi connectivity index (χ0n) is 25.7. The van der Waals surface area contributed by atoms with Gasteiger partial charge in [-0.1, -0.05) is 12.1 Å². The first-order valence-corrected chi connectivity index (χ1v) is 14.7. The number of amides is 3. The van der Waals surface area contributed by atoms with Crippen molar-refractivity contribution in [1.29, 1.82) is 0 Å². The van der Waals surface area contributed by atoms with E-state index >= 15 is 0 Å². The number of carbonyl (C=O) groups excluding carboxylic acids is 3. The molecule has 0 unspecified atom stereocenters. The van der Waals surface area contributed by atoms with E-state index in [2.05, 4.69) is 20.9 Å². The fourth-order valence-electron chi connectivity index (χ4n) is 5.02. The third kappa shape index (κ3) is 8.28. The molecule has 0 saturated carbocycles. The lowest BCUT2D eigenvalue weighted by Crippen LogP contribution is -2.41. The molecule has 0 bridgehead atoms. The van der Waals surface area contributed by atoms with Crippen LogP contribution >= 0.6 is 0 Å². The van der Waals surface area contributed by atoms with E-state index in [0.29, 0.717) is 40.5 Å². The molecule has 11 nitrogen and oxygen atoms in total. The molecule has 0 spiro atoms. The summed E-state index contributed by atoms with van der Waals surface area (Å²) < 4.78 is 14.3. The number of ether oxygens (including phenoxy) is 2. The van der Waals surface area contributed by atoms with E-state index in [1.807, 2.05) is 59.9 Å². The zero-order valence-corrected chi connectivity index (χ0v) is 25.7. The minimum Gasteiger partial charge on any atom is -0.497 e. The SMILES string of the molecule is COc1cccc(C(=O)Nc2ccc(C(=O)Nc3cc(/C=C/c4cc(C(=O)NCCN5CCOCC5)n(C)c4)n(C)c3)cc2)c1. The topological polar surface area (TPSA) is 119 Å². The van der Waals surface area contributed by atoms with Crippen LogP contribution in [0.2, 0.25) is 0 Å². The van der Waals surface area contributed by atoms with Crippen molar-refractivity contribution in [2.75, 3.05) is 57.1 Å². The quantitative estimate of drug-likeness (QED) is 0.235. The normalized spacial score (nSPS) is 13.5. The Labute approximate surface area is 262 Å². The Kier molecular flexibility index (Phi) is 10.1. The predicted molar refractivity (Wildman–Crippen MR) is 175 cm³/mol. The molecule has 234 valence electrons. The molecule has 3 amide bonds. The number of morpholine rings is 1. The van der Waals surface area contributed by atoms with Crippen LogP contribution in [-0.4, -0.2) is 78.3 Å². The van der Waals surface area contributed by atoms with Gasteiger partial charge in [0.25, 0.3) is 17.7 Å². The Hall–Kier alpha value is -5.13. The molecule has 0 aliphatic carbocycles. The molecule has 2 aromatic heterocycles. The highest BCUT2D eigenvalue weighted by molar-refractivity contribution is 6.06. The number of aryl methyl sites for hydroxylation is 2. The van der Waals surface area contributed by atoms with E-state index in [1.165, 1.54) is 0 Å². The van der Waals surface area contributed by atoms with Crippen molar-refractivity contribution in [3.63, 3.8) is 0 Å². The lowest BCUT2D eigenvalue weighted by Gasteiger charge is -2.26. The Morgan fingerprint density at radius 3 is 2.31 bits per heavy atom. The maximum Gasteiger partial charge on any atom is 0.267 e. The first-order chi connectivity index (χ1) is 21.8. The molecule has 3 heterocycles. The van der Waals surface area contributed by atoms with Crippen molar-refractivity contribution in [1.82, 2.24) is 19.4 Å². The van der Waals surface area contributed by atoms with Gasteiger partial charge in [0.1, 0.15) is 11.4 Å². The molecule has 4 aromatic rings. The van der Waals surface area contributed by atoms with Gasteiger partial charge in [-0.25, -0.2) is 0 Å². The van der Waals surface area contributed by atoms with Gasteiger partial charge in [0, 0.05) is 75.2 Å². The van der Waals surface area contributed by atoms with Crippen molar-refractivity contribution in [2.45, 2.75) is 0 Å². The van der Waals surface area contributed by atoms with E-state index in [0.717, 1.165) is 44.1 Å². The van der Waals surface area contributed by atoms with Crippen molar-refractivity contribution in [3.8, 4) is 5.75 Å². The highest BCUT2D eigenvalue weighted by Crippen LogP contribution is 2.19. The third-order valence-electron chi connectivity index (χ3n) is 7.56. The van der Waals surface area contributed by atoms with Crippen LogP contribution in [0.5, 0.6) is 5.75 Å². The van der Waals surface area contributed by atoms with Crippen LogP contribution in [0.3, 0.4) is 0 Å². The minimum atomic E-state index is -0.273. The standard InChI is InChI=1S/C34H38N6O5/c1-38-23-28(37-32(41)25-8-10-27(11-9-25)36-33(42)26-5-4-6-30(20-26)44-3)21-29(38)12-7-24-19-31(39(2)22-24)34(43)35-13-14-40-15-17-45-18-16-40/h4-12,19-23H,13-18H2,1-3H3,(H,35,43)(H,36,42)(H,37,41)/b12-7+. The van der Waals surface area contributed by atoms with Gasteiger partial charge in [-0.15, -0.1) is 0 Å². The largest absolute Gasteiger partial charge is 0.497 e. The van der Waals surface area contributed by atoms with E-state index in [9.17, 15) is 14.4 Å². The van der Waals surface area contributed by atoms with Crippen LogP contribution in [0.1, 0.15) is 42.5 Å². The average Bonchev–Trinajstić information content (AvgIpc) is 3.61. The van der Waals surface area contributed by atoms with Gasteiger partial charge in [-0.3, -0.25) is 19.3 Å². The van der Waals surface area contributed by atoms with E-state index < -0.39 is 0 Å². The van der Waals surface area contributed by atoms with Gasteiger partial charge in [-0.2, -0.15) is 0 Å². The summed E-state index contributed by atoms with van der Waals surface area (Å²) in [5.74, 6) is -0.0557. The van der Waals surface area contributed by atoms with Gasteiger partial charge < -0.3 is 34.6 Å². The van der Waals surface area contributed by atoms with Gasteiger partial charge >= 0.3 is 0 Å². The zero-order chi connectivity index (χ0) is 31.8. The molecule has 1 fully saturated rings. The van der Waals surface area contributed by atoms with Crippen molar-refractivity contribution in [3.05, 3.63) is 101 Å². The summed E-state index contributed by atoms with van der Waals surface area (Å²) in [6, 6.07) is 17.3. The minimum absolute atomic E-state index is 0.110. The molecule has 1 saturated heterocycles. The summed E-state index contributed by atoms with van der Waals surface area (Å²) in [4.78, 5) is 40.5. The lowest BCUT2D eigenvalue weighted by molar-refractivity contribution is 0.0383. The number of carbonyl (C=O) groups is 3. The number of nitrogens with one attached hydrogen (secondary N) is 3. The second-order valence-electron chi connectivity index (χ2n) is 10.8. The van der Waals surface area contributed by atoms with Crippen molar-refractivity contribution >= 4 is 41.2 Å². The summed E-state index contributed by atoms with van der Waals surface area (Å²) in [6.45, 7) is 4.63. The van der Waals surface area contributed by atoms with Crippen LogP contribution in [0, 0.1) is 0 Å². The summed E-state index contributed by atoms with van der Waals surface area (Å²) in [7, 11) is 5.30. The van der Waals surface area contributed by atoms with Crippen LogP contribution in [0.25, 0.3) is 12.2 Å². The summed E-state index contributed by atoms with van der Waals surface area (Å²) in [6.07, 6.45) is 7.61. The van der Waals surface area contributed by atoms with Crippen LogP contribution in [-0.2, 0) is 18.8 Å². The Balaban J connectivity index is 1.14. The number of nitrogens with zero attached hydrogens (tertiary/aromatic N) is 3. The maximum absolute atomic E-state index is 12.9. The number of hydrogen-bond acceptors (Lipinski definition) is 6. The van der Waals surface area contributed by atoms with Crippen LogP contribution < -0.4 is 20.7 Å². The van der Waals surface area contributed by atoms with Gasteiger partial charge in [0.2, 0.25) is 0 Å². The predicted octanol–water partition coefficient (Wildman–Crippen LogP) is 4.11. The van der Waals surface area contributed by atoms with Gasteiger partial charge in [-0.05, 0) is 66.2 Å². The summed E-state index contributed by atoms with van der Waals surface area (Å²) in [5, 5.41) is 8.76. The number of rotatable bonds is 11. The molecule has 5 rings (SSSR count). The maximum atomic E-state index is 12.9. The number of benzene rings is 2. The van der Waals surface area contributed by atoms with E-state index in [4.69, 9.17) is 9.47 Å². The second-order valence-corrected chi connectivity index (χ2v) is 10.8. The Morgan fingerprint density at radius 2 is 1.56 bits per heavy atom. The smallest absolute Gasteiger partial charge is 0.267 e. The molecule has 11 heteroatoms. The Morgan fingerprint density at radius 1 is 0.822 bits per heavy atom. The second kappa shape index (κ2) is 14.6. The highest BCUT2D eigenvalue weighted by Gasteiger charge is 2.14. The molecule has 2 aromatic carbocycles. The van der Waals surface area contributed by atoms with Gasteiger partial charge in [0.05, 0.1) is 26.0 Å². The molecular formula is C34H38N6O5. The molecule has 0 atom stereocenters. The molecule has 45 heavy (non-hydrogen) atoms. The fourth-order valence-corrected chi connectivity index (χ4v) is 5.02. The molecular weight excluding hydrogens is 572 g/mol. The number of aromatic nitrogens is 2. The van der Waals surface area contributed by atoms with Crippen molar-refractivity contribution < 1.29 is 23.9 Å². The van der Waals surface area contributed by atoms with E-state index in [-0.39, 0.29) is 17.7 Å². The van der Waals surface area contributed by atoms with Crippen LogP contribution in [0.15, 0.2) is 73.1 Å². The monoisotopic (exact) mass is 610 g/mol. The van der Waals surface area contributed by atoms with E-state index in [1.54, 1.807) is 55.6 Å². The lowest BCUT2D eigenvalue weighted by atomic mass is 10.1. The third-order valence-corrected chi connectivity index (χ3v) is 7.56. The number of anilines is 2. The average molecular weight is 611 g/mol. The summed E-state index contributed by atoms with van der Waals surface area (Å²) >= 11 is 0. The Bertz CT molecular complexity index is 1680. The van der Waals surface area contributed by atoms with Gasteiger partial charge in [0.15, 0.2) is 0 Å².